The Morgan fingerprint density at radius 1 is 0.938 bits per heavy atom. The zero-order valence-electron chi connectivity index (χ0n) is 17.5. The Morgan fingerprint density at radius 3 is 2.28 bits per heavy atom. The molecule has 164 valence electrons. The number of ether oxygens (including phenoxy) is 3. The van der Waals surface area contributed by atoms with Gasteiger partial charge in [-0.3, -0.25) is 9.89 Å². The molecule has 1 amide bonds. The molecular formula is C23H19F2N3O4. The third-order valence-electron chi connectivity index (χ3n) is 4.96. The van der Waals surface area contributed by atoms with E-state index in [0.29, 0.717) is 39.5 Å². The summed E-state index contributed by atoms with van der Waals surface area (Å²) in [5.74, 6) is -0.399. The molecule has 4 rings (SSSR count). The van der Waals surface area contributed by atoms with Crippen LogP contribution in [0.5, 0.6) is 17.2 Å². The summed E-state index contributed by atoms with van der Waals surface area (Å²) in [7, 11) is 4.39. The molecule has 0 fully saturated rings. The average molecular weight is 439 g/mol. The lowest BCUT2D eigenvalue weighted by Crippen LogP contribution is -2.13. The maximum Gasteiger partial charge on any atom is 0.257 e. The van der Waals surface area contributed by atoms with Gasteiger partial charge in [-0.2, -0.15) is 5.10 Å². The lowest BCUT2D eigenvalue weighted by molar-refractivity contribution is 0.102. The number of fused-ring (bicyclic) bond motifs is 1. The third-order valence-corrected chi connectivity index (χ3v) is 4.96. The molecule has 1 aromatic heterocycles. The van der Waals surface area contributed by atoms with Gasteiger partial charge in [-0.15, -0.1) is 0 Å². The van der Waals surface area contributed by atoms with E-state index in [2.05, 4.69) is 15.5 Å². The van der Waals surface area contributed by atoms with Crippen LogP contribution in [0.1, 0.15) is 10.4 Å². The number of carbonyl (C=O) groups is 1. The summed E-state index contributed by atoms with van der Waals surface area (Å²) in [6.07, 6.45) is 0. The number of hydrogen-bond donors (Lipinski definition) is 2. The van der Waals surface area contributed by atoms with Crippen LogP contribution in [-0.4, -0.2) is 37.4 Å². The van der Waals surface area contributed by atoms with Crippen molar-refractivity contribution in [3.63, 3.8) is 0 Å². The van der Waals surface area contributed by atoms with Crippen LogP contribution in [0.25, 0.3) is 22.0 Å². The predicted octanol–water partition coefficient (Wildman–Crippen LogP) is 4.79. The SMILES string of the molecule is COc1cc(C(=O)Nc2n[nH]c3cc(-c4ccc(F)cc4F)ccc23)cc(OC)c1OC. The molecule has 0 aliphatic rings. The Kier molecular flexibility index (Phi) is 5.63. The summed E-state index contributed by atoms with van der Waals surface area (Å²) < 4.78 is 43.2. The molecule has 0 radical (unpaired) electrons. The van der Waals surface area contributed by atoms with Gasteiger partial charge in [0.15, 0.2) is 17.3 Å². The molecule has 0 spiro atoms. The number of aromatic nitrogens is 2. The van der Waals surface area contributed by atoms with Crippen molar-refractivity contribution in [1.82, 2.24) is 10.2 Å². The summed E-state index contributed by atoms with van der Waals surface area (Å²) in [6.45, 7) is 0. The van der Waals surface area contributed by atoms with E-state index < -0.39 is 17.5 Å². The van der Waals surface area contributed by atoms with Crippen LogP contribution in [0.15, 0.2) is 48.5 Å². The maximum atomic E-state index is 14.1. The van der Waals surface area contributed by atoms with Crippen LogP contribution in [0.3, 0.4) is 0 Å². The topological polar surface area (TPSA) is 85.5 Å². The second-order valence-corrected chi connectivity index (χ2v) is 6.82. The zero-order chi connectivity index (χ0) is 22.8. The normalized spacial score (nSPS) is 10.8. The first-order valence-electron chi connectivity index (χ1n) is 9.50. The van der Waals surface area contributed by atoms with E-state index in [1.165, 1.54) is 45.6 Å². The van der Waals surface area contributed by atoms with E-state index in [4.69, 9.17) is 14.2 Å². The summed E-state index contributed by atoms with van der Waals surface area (Å²) >= 11 is 0. The molecule has 3 aromatic carbocycles. The van der Waals surface area contributed by atoms with E-state index in [-0.39, 0.29) is 11.1 Å². The highest BCUT2D eigenvalue weighted by molar-refractivity contribution is 6.08. The van der Waals surface area contributed by atoms with Crippen molar-refractivity contribution in [1.29, 1.82) is 0 Å². The van der Waals surface area contributed by atoms with Crippen molar-refractivity contribution >= 4 is 22.6 Å². The standard InChI is InChI=1S/C23H19F2N3O4/c1-30-19-9-13(10-20(31-2)21(19)32-3)23(29)26-22-16-6-4-12(8-18(16)27-28-22)15-7-5-14(24)11-17(15)25/h4-11H,1-3H3,(H2,26,27,28,29). The number of hydrogen-bond acceptors (Lipinski definition) is 5. The van der Waals surface area contributed by atoms with Crippen LogP contribution in [0, 0.1) is 11.6 Å². The van der Waals surface area contributed by atoms with E-state index >= 15 is 0 Å². The van der Waals surface area contributed by atoms with Gasteiger partial charge in [-0.1, -0.05) is 6.07 Å². The van der Waals surface area contributed by atoms with E-state index in [9.17, 15) is 13.6 Å². The number of methoxy groups -OCH3 is 3. The van der Waals surface area contributed by atoms with Crippen LogP contribution in [0.4, 0.5) is 14.6 Å². The smallest absolute Gasteiger partial charge is 0.257 e. The molecule has 0 unspecified atom stereocenters. The molecule has 0 aliphatic heterocycles. The highest BCUT2D eigenvalue weighted by atomic mass is 19.1. The van der Waals surface area contributed by atoms with Gasteiger partial charge in [0.05, 0.1) is 26.8 Å². The van der Waals surface area contributed by atoms with Crippen LogP contribution >= 0.6 is 0 Å². The van der Waals surface area contributed by atoms with Gasteiger partial charge in [0, 0.05) is 22.6 Å². The molecule has 4 aromatic rings. The molecular weight excluding hydrogens is 420 g/mol. The maximum absolute atomic E-state index is 14.1. The van der Waals surface area contributed by atoms with Crippen LogP contribution in [0.2, 0.25) is 0 Å². The Balaban J connectivity index is 1.64. The van der Waals surface area contributed by atoms with Gasteiger partial charge in [-0.25, -0.2) is 8.78 Å². The minimum absolute atomic E-state index is 0.255. The number of aromatic amines is 1. The van der Waals surface area contributed by atoms with E-state index in [1.54, 1.807) is 18.2 Å². The largest absolute Gasteiger partial charge is 0.493 e. The van der Waals surface area contributed by atoms with Gasteiger partial charge in [0.2, 0.25) is 5.75 Å². The first-order valence-corrected chi connectivity index (χ1v) is 9.50. The Labute approximate surface area is 181 Å². The number of halogens is 2. The number of amides is 1. The van der Waals surface area contributed by atoms with Crippen molar-refractivity contribution < 1.29 is 27.8 Å². The molecule has 0 bridgehead atoms. The fraction of sp³-hybridized carbons (Fsp3) is 0.130. The number of carbonyl (C=O) groups excluding carboxylic acids is 1. The first kappa shape index (κ1) is 21.1. The zero-order valence-corrected chi connectivity index (χ0v) is 17.5. The molecule has 0 aliphatic carbocycles. The van der Waals surface area contributed by atoms with Gasteiger partial charge in [0.1, 0.15) is 11.6 Å². The first-order chi connectivity index (χ1) is 15.4. The Morgan fingerprint density at radius 2 is 1.66 bits per heavy atom. The minimum Gasteiger partial charge on any atom is -0.493 e. The van der Waals surface area contributed by atoms with Crippen LogP contribution in [-0.2, 0) is 0 Å². The molecule has 0 saturated carbocycles. The number of rotatable bonds is 6. The molecule has 32 heavy (non-hydrogen) atoms. The molecule has 9 heteroatoms. The summed E-state index contributed by atoms with van der Waals surface area (Å²) in [6, 6.07) is 11.5. The molecule has 2 N–H and O–H groups in total. The molecule has 7 nitrogen and oxygen atoms in total. The second-order valence-electron chi connectivity index (χ2n) is 6.82. The van der Waals surface area contributed by atoms with E-state index in [1.807, 2.05) is 0 Å². The van der Waals surface area contributed by atoms with Crippen molar-refractivity contribution in [2.75, 3.05) is 26.6 Å². The van der Waals surface area contributed by atoms with Crippen molar-refractivity contribution in [2.45, 2.75) is 0 Å². The van der Waals surface area contributed by atoms with E-state index in [0.717, 1.165) is 6.07 Å². The van der Waals surface area contributed by atoms with Gasteiger partial charge in [-0.05, 0) is 42.0 Å². The number of anilines is 1. The van der Waals surface area contributed by atoms with Crippen molar-refractivity contribution in [2.24, 2.45) is 0 Å². The second kappa shape index (κ2) is 8.54. The number of benzene rings is 3. The summed E-state index contributed by atoms with van der Waals surface area (Å²) in [4.78, 5) is 12.9. The Bertz CT molecular complexity index is 1300. The average Bonchev–Trinajstić information content (AvgIpc) is 3.19. The summed E-state index contributed by atoms with van der Waals surface area (Å²) in [5.41, 5.74) is 1.65. The highest BCUT2D eigenvalue weighted by Gasteiger charge is 2.19. The quantitative estimate of drug-likeness (QED) is 0.451. The predicted molar refractivity (Wildman–Crippen MR) is 115 cm³/mol. The fourth-order valence-electron chi connectivity index (χ4n) is 3.40. The van der Waals surface area contributed by atoms with Crippen LogP contribution < -0.4 is 19.5 Å². The Hall–Kier alpha value is -4.14. The minimum atomic E-state index is -0.667. The summed E-state index contributed by atoms with van der Waals surface area (Å²) in [5, 5.41) is 10.3. The number of nitrogens with one attached hydrogen (secondary N) is 2. The fourth-order valence-corrected chi connectivity index (χ4v) is 3.40. The highest BCUT2D eigenvalue weighted by Crippen LogP contribution is 2.38. The monoisotopic (exact) mass is 439 g/mol. The molecule has 0 atom stereocenters. The molecule has 0 saturated heterocycles. The van der Waals surface area contributed by atoms with Crippen molar-refractivity contribution in [3.8, 4) is 28.4 Å². The third kappa shape index (κ3) is 3.80. The lowest BCUT2D eigenvalue weighted by Gasteiger charge is -2.13. The van der Waals surface area contributed by atoms with Gasteiger partial charge in [0.25, 0.3) is 5.91 Å². The molecule has 1 heterocycles. The number of nitrogens with zero attached hydrogens (tertiary/aromatic N) is 1. The van der Waals surface area contributed by atoms with Crippen molar-refractivity contribution in [3.05, 3.63) is 65.7 Å². The number of H-pyrrole nitrogens is 1. The van der Waals surface area contributed by atoms with Gasteiger partial charge >= 0.3 is 0 Å². The lowest BCUT2D eigenvalue weighted by atomic mass is 10.0. The van der Waals surface area contributed by atoms with Gasteiger partial charge < -0.3 is 19.5 Å².